The van der Waals surface area contributed by atoms with Gasteiger partial charge in [0.05, 0.1) is 5.69 Å². The van der Waals surface area contributed by atoms with Gasteiger partial charge in [0.15, 0.2) is 0 Å². The highest BCUT2D eigenvalue weighted by molar-refractivity contribution is 5.81. The van der Waals surface area contributed by atoms with Crippen molar-refractivity contribution in [2.24, 2.45) is 5.73 Å². The van der Waals surface area contributed by atoms with Gasteiger partial charge in [-0.1, -0.05) is 19.0 Å². The number of carboxylic acid groups (broad SMARTS) is 1. The lowest BCUT2D eigenvalue weighted by molar-refractivity contribution is -0.144. The normalized spacial score (nSPS) is 24.5. The van der Waals surface area contributed by atoms with Crippen LogP contribution in [0.1, 0.15) is 49.6 Å². The number of fused-ring (bicyclic) bond motifs is 1. The number of hydrogen-bond donors (Lipinski definition) is 2. The van der Waals surface area contributed by atoms with Crippen LogP contribution in [0.2, 0.25) is 0 Å². The highest BCUT2D eigenvalue weighted by atomic mass is 16.5. The second-order valence-electron chi connectivity index (χ2n) is 4.65. The monoisotopic (exact) mass is 224 g/mol. The minimum absolute atomic E-state index is 0.118. The Labute approximate surface area is 93.6 Å². The predicted octanol–water partition coefficient (Wildman–Crippen LogP) is 1.37. The Morgan fingerprint density at radius 2 is 2.31 bits per heavy atom. The van der Waals surface area contributed by atoms with Crippen molar-refractivity contribution in [1.29, 1.82) is 0 Å². The third-order valence-electron chi connectivity index (χ3n) is 3.14. The summed E-state index contributed by atoms with van der Waals surface area (Å²) in [6.45, 7) is 3.91. The van der Waals surface area contributed by atoms with E-state index in [2.05, 4.69) is 5.16 Å². The molecule has 2 rings (SSSR count). The molecule has 0 radical (unpaired) electrons. The minimum Gasteiger partial charge on any atom is -0.480 e. The molecule has 1 heterocycles. The van der Waals surface area contributed by atoms with E-state index in [1.807, 2.05) is 13.8 Å². The van der Waals surface area contributed by atoms with Gasteiger partial charge < -0.3 is 15.4 Å². The fourth-order valence-electron chi connectivity index (χ4n) is 2.25. The summed E-state index contributed by atoms with van der Waals surface area (Å²) >= 11 is 0. The van der Waals surface area contributed by atoms with Crippen LogP contribution in [-0.2, 0) is 16.8 Å². The number of rotatable bonds is 2. The fourth-order valence-corrected chi connectivity index (χ4v) is 2.25. The Balaban J connectivity index is 2.59. The SMILES string of the molecule is CC(C)c1noc2c1C(N)(C(=O)O)CCC2. The highest BCUT2D eigenvalue weighted by Gasteiger charge is 2.45. The van der Waals surface area contributed by atoms with E-state index in [-0.39, 0.29) is 5.92 Å². The van der Waals surface area contributed by atoms with Gasteiger partial charge in [0.25, 0.3) is 0 Å². The van der Waals surface area contributed by atoms with Gasteiger partial charge in [-0.3, -0.25) is 0 Å². The van der Waals surface area contributed by atoms with Gasteiger partial charge in [0.1, 0.15) is 11.3 Å². The maximum Gasteiger partial charge on any atom is 0.328 e. The average molecular weight is 224 g/mol. The third kappa shape index (κ3) is 1.43. The molecule has 0 saturated carbocycles. The van der Waals surface area contributed by atoms with Crippen molar-refractivity contribution in [3.05, 3.63) is 17.0 Å². The summed E-state index contributed by atoms with van der Waals surface area (Å²) < 4.78 is 5.20. The average Bonchev–Trinajstić information content (AvgIpc) is 2.62. The van der Waals surface area contributed by atoms with E-state index in [0.717, 1.165) is 12.8 Å². The van der Waals surface area contributed by atoms with Crippen molar-refractivity contribution in [2.75, 3.05) is 0 Å². The smallest absolute Gasteiger partial charge is 0.328 e. The maximum absolute atomic E-state index is 11.3. The van der Waals surface area contributed by atoms with E-state index >= 15 is 0 Å². The van der Waals surface area contributed by atoms with Crippen LogP contribution in [0.5, 0.6) is 0 Å². The second-order valence-corrected chi connectivity index (χ2v) is 4.65. The zero-order chi connectivity index (χ0) is 11.9. The first-order valence-electron chi connectivity index (χ1n) is 5.48. The summed E-state index contributed by atoms with van der Waals surface area (Å²) in [5.41, 5.74) is 5.95. The van der Waals surface area contributed by atoms with Crippen molar-refractivity contribution in [2.45, 2.75) is 44.6 Å². The van der Waals surface area contributed by atoms with Crippen molar-refractivity contribution in [1.82, 2.24) is 5.16 Å². The Bertz CT molecular complexity index is 425. The van der Waals surface area contributed by atoms with Crippen LogP contribution < -0.4 is 5.73 Å². The molecule has 1 aromatic rings. The third-order valence-corrected chi connectivity index (χ3v) is 3.14. The molecule has 0 spiro atoms. The molecule has 0 fully saturated rings. The van der Waals surface area contributed by atoms with Gasteiger partial charge in [-0.05, 0) is 18.8 Å². The van der Waals surface area contributed by atoms with Crippen LogP contribution in [0.15, 0.2) is 4.52 Å². The quantitative estimate of drug-likeness (QED) is 0.792. The summed E-state index contributed by atoms with van der Waals surface area (Å²) in [6.07, 6.45) is 1.89. The summed E-state index contributed by atoms with van der Waals surface area (Å²) in [6, 6.07) is 0. The molecule has 0 aromatic carbocycles. The number of nitrogens with zero attached hydrogens (tertiary/aromatic N) is 1. The molecule has 1 atom stereocenters. The van der Waals surface area contributed by atoms with Gasteiger partial charge >= 0.3 is 5.97 Å². The molecule has 5 heteroatoms. The largest absolute Gasteiger partial charge is 0.480 e. The number of hydrogen-bond acceptors (Lipinski definition) is 4. The lowest BCUT2D eigenvalue weighted by Crippen LogP contribution is -2.47. The number of aliphatic carboxylic acids is 1. The van der Waals surface area contributed by atoms with Crippen LogP contribution >= 0.6 is 0 Å². The zero-order valence-corrected chi connectivity index (χ0v) is 9.49. The van der Waals surface area contributed by atoms with Crippen molar-refractivity contribution >= 4 is 5.97 Å². The molecule has 0 bridgehead atoms. The van der Waals surface area contributed by atoms with E-state index in [1.54, 1.807) is 0 Å². The first-order valence-corrected chi connectivity index (χ1v) is 5.48. The summed E-state index contributed by atoms with van der Waals surface area (Å²) in [5, 5.41) is 13.2. The molecule has 0 aliphatic heterocycles. The molecule has 16 heavy (non-hydrogen) atoms. The molecule has 1 aromatic heterocycles. The topological polar surface area (TPSA) is 89.4 Å². The molecule has 1 aliphatic carbocycles. The summed E-state index contributed by atoms with van der Waals surface area (Å²) in [5.74, 6) is -0.244. The van der Waals surface area contributed by atoms with Gasteiger partial charge in [-0.2, -0.15) is 0 Å². The van der Waals surface area contributed by atoms with Gasteiger partial charge in [0.2, 0.25) is 0 Å². The number of aryl methyl sites for hydroxylation is 1. The van der Waals surface area contributed by atoms with Gasteiger partial charge in [0, 0.05) is 12.0 Å². The minimum atomic E-state index is -1.33. The Kier molecular flexibility index (Phi) is 2.50. The molecule has 0 amide bonds. The maximum atomic E-state index is 11.3. The van der Waals surface area contributed by atoms with Crippen LogP contribution in [0.3, 0.4) is 0 Å². The molecular weight excluding hydrogens is 208 g/mol. The molecule has 1 aliphatic rings. The van der Waals surface area contributed by atoms with E-state index < -0.39 is 11.5 Å². The molecule has 0 saturated heterocycles. The van der Waals surface area contributed by atoms with Crippen LogP contribution in [0.25, 0.3) is 0 Å². The Morgan fingerprint density at radius 1 is 1.62 bits per heavy atom. The molecule has 5 nitrogen and oxygen atoms in total. The standard InChI is InChI=1S/C11H16N2O3/c1-6(2)9-8-7(16-13-9)4-3-5-11(8,12)10(14)15/h6H,3-5,12H2,1-2H3,(H,14,15). The van der Waals surface area contributed by atoms with Gasteiger partial charge in [-0.25, -0.2) is 4.79 Å². The van der Waals surface area contributed by atoms with E-state index in [0.29, 0.717) is 23.4 Å². The lowest BCUT2D eigenvalue weighted by atomic mass is 9.78. The summed E-state index contributed by atoms with van der Waals surface area (Å²) in [4.78, 5) is 11.3. The molecular formula is C11H16N2O3. The Morgan fingerprint density at radius 3 is 2.88 bits per heavy atom. The van der Waals surface area contributed by atoms with E-state index in [4.69, 9.17) is 10.3 Å². The Hall–Kier alpha value is -1.36. The highest BCUT2D eigenvalue weighted by Crippen LogP contribution is 2.38. The van der Waals surface area contributed by atoms with Crippen LogP contribution in [0.4, 0.5) is 0 Å². The lowest BCUT2D eigenvalue weighted by Gasteiger charge is -2.29. The molecule has 3 N–H and O–H groups in total. The zero-order valence-electron chi connectivity index (χ0n) is 9.49. The number of carboxylic acids is 1. The number of carbonyl (C=O) groups is 1. The predicted molar refractivity (Wildman–Crippen MR) is 57.0 cm³/mol. The van der Waals surface area contributed by atoms with E-state index in [9.17, 15) is 9.90 Å². The van der Waals surface area contributed by atoms with Crippen molar-refractivity contribution in [3.63, 3.8) is 0 Å². The van der Waals surface area contributed by atoms with Crippen LogP contribution in [-0.4, -0.2) is 16.2 Å². The van der Waals surface area contributed by atoms with E-state index in [1.165, 1.54) is 0 Å². The summed E-state index contributed by atoms with van der Waals surface area (Å²) in [7, 11) is 0. The fraction of sp³-hybridized carbons (Fsp3) is 0.636. The number of nitrogens with two attached hydrogens (primary N) is 1. The second kappa shape index (κ2) is 3.59. The molecule has 1 unspecified atom stereocenters. The first kappa shape index (κ1) is 11.1. The van der Waals surface area contributed by atoms with Gasteiger partial charge in [-0.15, -0.1) is 0 Å². The van der Waals surface area contributed by atoms with Crippen molar-refractivity contribution < 1.29 is 14.4 Å². The number of aromatic nitrogens is 1. The van der Waals surface area contributed by atoms with Crippen molar-refractivity contribution in [3.8, 4) is 0 Å². The molecule has 88 valence electrons. The first-order chi connectivity index (χ1) is 7.47. The van der Waals surface area contributed by atoms with Crippen LogP contribution in [0, 0.1) is 0 Å².